The van der Waals surface area contributed by atoms with Gasteiger partial charge in [0.2, 0.25) is 0 Å². The van der Waals surface area contributed by atoms with Gasteiger partial charge < -0.3 is 14.2 Å². The third-order valence-corrected chi connectivity index (χ3v) is 5.36. The maximum absolute atomic E-state index is 6.16. The first-order valence-corrected chi connectivity index (χ1v) is 8.49. The molecule has 1 aromatic rings. The first kappa shape index (κ1) is 15.4. The summed E-state index contributed by atoms with van der Waals surface area (Å²) in [6.07, 6.45) is 2.55. The molecule has 0 atom stereocenters. The predicted molar refractivity (Wildman–Crippen MR) is 91.3 cm³/mol. The van der Waals surface area contributed by atoms with Gasteiger partial charge in [-0.25, -0.2) is 0 Å². The molecule has 2 aliphatic rings. The van der Waals surface area contributed by atoms with Crippen LogP contribution >= 0.6 is 15.9 Å². The van der Waals surface area contributed by atoms with E-state index in [0.717, 1.165) is 23.0 Å². The van der Waals surface area contributed by atoms with Crippen molar-refractivity contribution in [3.05, 3.63) is 22.7 Å². The van der Waals surface area contributed by atoms with Crippen LogP contribution in [0.5, 0.6) is 0 Å². The molecule has 2 saturated heterocycles. The highest BCUT2D eigenvalue weighted by atomic mass is 79.9. The second-order valence-electron chi connectivity index (χ2n) is 7.03. The molecule has 0 aliphatic carbocycles. The Hall–Kier alpha value is -0.515. The van der Waals surface area contributed by atoms with Gasteiger partial charge in [-0.3, -0.25) is 0 Å². The lowest BCUT2D eigenvalue weighted by molar-refractivity contribution is 0.00578. The SMILES string of the molecule is CC1(C)OB(c2cc(Br)cc(N3CCCC3)c2)OC1(C)C. The van der Waals surface area contributed by atoms with Crippen molar-refractivity contribution >= 4 is 34.2 Å². The van der Waals surface area contributed by atoms with Gasteiger partial charge in [-0.2, -0.15) is 0 Å². The number of halogens is 1. The largest absolute Gasteiger partial charge is 0.494 e. The summed E-state index contributed by atoms with van der Waals surface area (Å²) >= 11 is 3.63. The minimum Gasteiger partial charge on any atom is -0.399 e. The molecule has 2 fully saturated rings. The minimum absolute atomic E-state index is 0.297. The molecule has 0 bridgehead atoms. The Kier molecular flexibility index (Phi) is 3.87. The molecule has 0 aromatic heterocycles. The van der Waals surface area contributed by atoms with Crippen molar-refractivity contribution in [3.8, 4) is 0 Å². The fraction of sp³-hybridized carbons (Fsp3) is 0.625. The van der Waals surface area contributed by atoms with E-state index in [9.17, 15) is 0 Å². The van der Waals surface area contributed by atoms with Crippen molar-refractivity contribution in [2.45, 2.75) is 51.7 Å². The first-order chi connectivity index (χ1) is 9.78. The molecule has 1 aromatic carbocycles. The molecule has 21 heavy (non-hydrogen) atoms. The minimum atomic E-state index is -0.298. The predicted octanol–water partition coefficient (Wildman–Crippen LogP) is 3.35. The third kappa shape index (κ3) is 2.88. The Bertz CT molecular complexity index is 525. The van der Waals surface area contributed by atoms with Crippen LogP contribution in [0.25, 0.3) is 0 Å². The number of rotatable bonds is 2. The Morgan fingerprint density at radius 1 is 1.00 bits per heavy atom. The van der Waals surface area contributed by atoms with Crippen LogP contribution in [0.15, 0.2) is 22.7 Å². The van der Waals surface area contributed by atoms with Crippen LogP contribution in [0.3, 0.4) is 0 Å². The van der Waals surface area contributed by atoms with Gasteiger partial charge in [0, 0.05) is 23.2 Å². The summed E-state index contributed by atoms with van der Waals surface area (Å²) in [5, 5.41) is 0. The van der Waals surface area contributed by atoms with Crippen LogP contribution < -0.4 is 10.4 Å². The van der Waals surface area contributed by atoms with Gasteiger partial charge in [0.05, 0.1) is 11.2 Å². The molecular weight excluding hydrogens is 329 g/mol. The molecule has 0 N–H and O–H groups in total. The molecule has 0 spiro atoms. The smallest absolute Gasteiger partial charge is 0.399 e. The van der Waals surface area contributed by atoms with Crippen LogP contribution in [0, 0.1) is 0 Å². The lowest BCUT2D eigenvalue weighted by Gasteiger charge is -2.32. The monoisotopic (exact) mass is 351 g/mol. The average Bonchev–Trinajstić information content (AvgIpc) is 2.96. The highest BCUT2D eigenvalue weighted by molar-refractivity contribution is 9.10. The molecule has 0 saturated carbocycles. The standard InChI is InChI=1S/C16H23BBrNO2/c1-15(2)16(3,4)21-17(20-15)12-9-13(18)11-14(10-12)19-7-5-6-8-19/h9-11H,5-8H2,1-4H3. The quantitative estimate of drug-likeness (QED) is 0.762. The molecule has 3 nitrogen and oxygen atoms in total. The topological polar surface area (TPSA) is 21.7 Å². The molecule has 3 rings (SSSR count). The Morgan fingerprint density at radius 2 is 1.57 bits per heavy atom. The summed E-state index contributed by atoms with van der Waals surface area (Å²) < 4.78 is 13.4. The van der Waals surface area contributed by atoms with Gasteiger partial charge in [-0.1, -0.05) is 15.9 Å². The van der Waals surface area contributed by atoms with Crippen LogP contribution in [0.2, 0.25) is 0 Å². The molecule has 2 aliphatic heterocycles. The highest BCUT2D eigenvalue weighted by Crippen LogP contribution is 2.37. The summed E-state index contributed by atoms with van der Waals surface area (Å²) in [4.78, 5) is 2.43. The fourth-order valence-corrected chi connectivity index (χ4v) is 3.37. The van der Waals surface area contributed by atoms with Gasteiger partial charge in [-0.15, -0.1) is 0 Å². The van der Waals surface area contributed by atoms with Crippen molar-refractivity contribution in [1.82, 2.24) is 0 Å². The second kappa shape index (κ2) is 5.29. The highest BCUT2D eigenvalue weighted by Gasteiger charge is 2.51. The summed E-state index contributed by atoms with van der Waals surface area (Å²) in [6.45, 7) is 10.6. The normalized spacial score (nSPS) is 23.9. The maximum Gasteiger partial charge on any atom is 0.494 e. The van der Waals surface area contributed by atoms with Crippen LogP contribution in [0.4, 0.5) is 5.69 Å². The Morgan fingerprint density at radius 3 is 2.14 bits per heavy atom. The summed E-state index contributed by atoms with van der Waals surface area (Å²) in [6, 6.07) is 6.49. The van der Waals surface area contributed by atoms with Gasteiger partial charge in [-0.05, 0) is 64.2 Å². The zero-order chi connectivity index (χ0) is 15.3. The van der Waals surface area contributed by atoms with Gasteiger partial charge in [0.1, 0.15) is 0 Å². The number of hydrogen-bond acceptors (Lipinski definition) is 3. The van der Waals surface area contributed by atoms with E-state index in [1.54, 1.807) is 0 Å². The average molecular weight is 352 g/mol. The lowest BCUT2D eigenvalue weighted by atomic mass is 9.79. The zero-order valence-corrected chi connectivity index (χ0v) is 14.9. The van der Waals surface area contributed by atoms with Crippen molar-refractivity contribution in [2.75, 3.05) is 18.0 Å². The van der Waals surface area contributed by atoms with E-state index < -0.39 is 0 Å². The van der Waals surface area contributed by atoms with Crippen molar-refractivity contribution < 1.29 is 9.31 Å². The van der Waals surface area contributed by atoms with E-state index in [-0.39, 0.29) is 18.3 Å². The Labute approximate surface area is 136 Å². The number of nitrogens with zero attached hydrogens (tertiary/aromatic N) is 1. The molecule has 0 unspecified atom stereocenters. The molecular formula is C16H23BBrNO2. The fourth-order valence-electron chi connectivity index (χ4n) is 2.87. The van der Waals surface area contributed by atoms with E-state index in [0.29, 0.717) is 0 Å². The number of hydrogen-bond donors (Lipinski definition) is 0. The van der Waals surface area contributed by atoms with E-state index in [2.05, 4.69) is 66.7 Å². The van der Waals surface area contributed by atoms with Crippen LogP contribution in [-0.4, -0.2) is 31.4 Å². The molecule has 5 heteroatoms. The van der Waals surface area contributed by atoms with E-state index in [1.165, 1.54) is 18.5 Å². The van der Waals surface area contributed by atoms with Crippen molar-refractivity contribution in [1.29, 1.82) is 0 Å². The maximum atomic E-state index is 6.16. The summed E-state index contributed by atoms with van der Waals surface area (Å²) in [5.74, 6) is 0. The molecule has 0 radical (unpaired) electrons. The zero-order valence-electron chi connectivity index (χ0n) is 13.3. The molecule has 0 amide bonds. The summed E-state index contributed by atoms with van der Waals surface area (Å²) in [5.41, 5.74) is 1.75. The first-order valence-electron chi connectivity index (χ1n) is 7.70. The van der Waals surface area contributed by atoms with Crippen LogP contribution in [0.1, 0.15) is 40.5 Å². The lowest BCUT2D eigenvalue weighted by Crippen LogP contribution is -2.41. The summed E-state index contributed by atoms with van der Waals surface area (Å²) in [7, 11) is -0.297. The Balaban J connectivity index is 1.89. The van der Waals surface area contributed by atoms with Crippen molar-refractivity contribution in [3.63, 3.8) is 0 Å². The van der Waals surface area contributed by atoms with E-state index in [4.69, 9.17) is 9.31 Å². The van der Waals surface area contributed by atoms with Crippen molar-refractivity contribution in [2.24, 2.45) is 0 Å². The van der Waals surface area contributed by atoms with Gasteiger partial charge in [0.15, 0.2) is 0 Å². The van der Waals surface area contributed by atoms with E-state index in [1.807, 2.05) is 0 Å². The van der Waals surface area contributed by atoms with Crippen LogP contribution in [-0.2, 0) is 9.31 Å². The molecule has 2 heterocycles. The third-order valence-electron chi connectivity index (χ3n) is 4.90. The van der Waals surface area contributed by atoms with Gasteiger partial charge in [0.25, 0.3) is 0 Å². The number of anilines is 1. The van der Waals surface area contributed by atoms with E-state index >= 15 is 0 Å². The molecule has 114 valence electrons. The second-order valence-corrected chi connectivity index (χ2v) is 7.94. The number of benzene rings is 1. The van der Waals surface area contributed by atoms with Gasteiger partial charge >= 0.3 is 7.12 Å².